The zero-order valence-corrected chi connectivity index (χ0v) is 28.1. The van der Waals surface area contributed by atoms with Crippen LogP contribution in [0.1, 0.15) is 106 Å². The topological polar surface area (TPSA) is 182 Å². The summed E-state index contributed by atoms with van der Waals surface area (Å²) in [5, 5.41) is 5.46. The van der Waals surface area contributed by atoms with Crippen LogP contribution in [-0.4, -0.2) is 76.8 Å². The number of carbonyl (C=O) groups is 7. The lowest BCUT2D eigenvalue weighted by Gasteiger charge is -2.26. The maximum absolute atomic E-state index is 13.2. The van der Waals surface area contributed by atoms with Crippen LogP contribution in [0.5, 0.6) is 0 Å². The molecule has 0 aliphatic carbocycles. The highest BCUT2D eigenvalue weighted by Gasteiger charge is 2.31. The standard InChI is InChI=1S/C33H54N4O8/c1-21(2)25(20-24(38)13-9-8-12-18-37-28(40)15-16-29(37)41)27(39)19-22(3)30(42)36-26(32(44)45-33(5,6)7)14-10-11-17-35-31(43)23(4)34/h15-16,21-23,25-26H,8-14,17-20,34H2,1-7H3,(H,35,43)(H,36,42)/t22-,23-,25+,26+/m1/s1. The number of hydrogen-bond acceptors (Lipinski definition) is 9. The number of nitrogens with two attached hydrogens (primary N) is 1. The van der Waals surface area contributed by atoms with E-state index in [-0.39, 0.29) is 48.0 Å². The normalized spacial score (nSPS) is 15.9. The summed E-state index contributed by atoms with van der Waals surface area (Å²) < 4.78 is 5.51. The first-order valence-electron chi connectivity index (χ1n) is 16.1. The van der Waals surface area contributed by atoms with E-state index in [4.69, 9.17) is 10.5 Å². The highest BCUT2D eigenvalue weighted by atomic mass is 16.6. The minimum absolute atomic E-state index is 0.0451. The molecule has 4 amide bonds. The second-order valence-electron chi connectivity index (χ2n) is 13.3. The molecule has 4 N–H and O–H groups in total. The molecule has 1 aliphatic rings. The zero-order chi connectivity index (χ0) is 34.3. The van der Waals surface area contributed by atoms with Gasteiger partial charge in [0.1, 0.15) is 23.2 Å². The van der Waals surface area contributed by atoms with Crippen molar-refractivity contribution in [2.24, 2.45) is 23.5 Å². The summed E-state index contributed by atoms with van der Waals surface area (Å²) in [5.41, 5.74) is 4.79. The molecule has 0 radical (unpaired) electrons. The summed E-state index contributed by atoms with van der Waals surface area (Å²) in [4.78, 5) is 88.0. The molecule has 1 aliphatic heterocycles. The number of carbonyl (C=O) groups excluding carboxylic acids is 7. The molecule has 254 valence electrons. The van der Waals surface area contributed by atoms with Gasteiger partial charge in [0.25, 0.3) is 11.8 Å². The number of nitrogens with one attached hydrogen (secondary N) is 2. The van der Waals surface area contributed by atoms with Crippen molar-refractivity contribution < 1.29 is 38.3 Å². The van der Waals surface area contributed by atoms with Gasteiger partial charge in [0, 0.05) is 56.3 Å². The highest BCUT2D eigenvalue weighted by Crippen LogP contribution is 2.23. The predicted molar refractivity (Wildman–Crippen MR) is 169 cm³/mol. The van der Waals surface area contributed by atoms with E-state index in [9.17, 15) is 33.6 Å². The quantitative estimate of drug-likeness (QED) is 0.0971. The summed E-state index contributed by atoms with van der Waals surface area (Å²) in [6.07, 6.45) is 6.03. The fourth-order valence-corrected chi connectivity index (χ4v) is 4.82. The number of hydrogen-bond donors (Lipinski definition) is 3. The van der Waals surface area contributed by atoms with Crippen LogP contribution in [0.15, 0.2) is 12.2 Å². The third kappa shape index (κ3) is 15.4. The lowest BCUT2D eigenvalue weighted by Crippen LogP contribution is -2.46. The fraction of sp³-hybridized carbons (Fsp3) is 0.727. The summed E-state index contributed by atoms with van der Waals surface area (Å²) in [6, 6.07) is -1.54. The first-order valence-corrected chi connectivity index (χ1v) is 16.1. The SMILES string of the molecule is CC(C)[C@H](CC(=O)CCCCCN1C(=O)C=CC1=O)C(=O)C[C@@H](C)C(=O)N[C@@H](CCCCNC(=O)[C@@H](C)N)C(=O)OC(C)(C)C. The van der Waals surface area contributed by atoms with Crippen LogP contribution < -0.4 is 16.4 Å². The molecule has 0 aromatic heterocycles. The third-order valence-corrected chi connectivity index (χ3v) is 7.50. The number of imide groups is 1. The Morgan fingerprint density at radius 1 is 0.867 bits per heavy atom. The third-order valence-electron chi connectivity index (χ3n) is 7.50. The summed E-state index contributed by atoms with van der Waals surface area (Å²) in [6.45, 7) is 12.8. The number of Topliss-reactive ketones (excluding diaryl/α,β-unsaturated/α-hetero) is 2. The van der Waals surface area contributed by atoms with Crippen LogP contribution in [0.3, 0.4) is 0 Å². The van der Waals surface area contributed by atoms with Crippen LogP contribution in [0.2, 0.25) is 0 Å². The molecule has 0 aromatic carbocycles. The van der Waals surface area contributed by atoms with Gasteiger partial charge in [-0.2, -0.15) is 0 Å². The molecule has 0 bridgehead atoms. The second-order valence-corrected chi connectivity index (χ2v) is 13.3. The molecular weight excluding hydrogens is 580 g/mol. The van der Waals surface area contributed by atoms with Gasteiger partial charge in [0.15, 0.2) is 0 Å². The van der Waals surface area contributed by atoms with Gasteiger partial charge in [-0.15, -0.1) is 0 Å². The highest BCUT2D eigenvalue weighted by molar-refractivity contribution is 6.12. The van der Waals surface area contributed by atoms with Crippen LogP contribution in [0, 0.1) is 17.8 Å². The Kier molecular flexibility index (Phi) is 16.9. The second kappa shape index (κ2) is 19.2. The average Bonchev–Trinajstić information content (AvgIpc) is 3.25. The number of ether oxygens (including phenoxy) is 1. The van der Waals surface area contributed by atoms with Crippen molar-refractivity contribution in [2.75, 3.05) is 13.1 Å². The molecule has 12 nitrogen and oxygen atoms in total. The Morgan fingerprint density at radius 2 is 1.49 bits per heavy atom. The summed E-state index contributed by atoms with van der Waals surface area (Å²) >= 11 is 0. The molecule has 0 unspecified atom stereocenters. The van der Waals surface area contributed by atoms with Crippen molar-refractivity contribution in [3.8, 4) is 0 Å². The molecule has 45 heavy (non-hydrogen) atoms. The van der Waals surface area contributed by atoms with Gasteiger partial charge in [-0.3, -0.25) is 33.7 Å². The fourth-order valence-electron chi connectivity index (χ4n) is 4.82. The monoisotopic (exact) mass is 634 g/mol. The van der Waals surface area contributed by atoms with Crippen molar-refractivity contribution in [2.45, 2.75) is 124 Å². The molecule has 0 aromatic rings. The van der Waals surface area contributed by atoms with Gasteiger partial charge < -0.3 is 21.1 Å². The van der Waals surface area contributed by atoms with Crippen molar-refractivity contribution in [3.63, 3.8) is 0 Å². The van der Waals surface area contributed by atoms with Crippen LogP contribution >= 0.6 is 0 Å². The molecule has 0 saturated heterocycles. The number of rotatable bonds is 21. The minimum atomic E-state index is -0.918. The van der Waals surface area contributed by atoms with E-state index in [0.717, 1.165) is 0 Å². The molecule has 4 atom stereocenters. The van der Waals surface area contributed by atoms with E-state index in [1.807, 2.05) is 13.8 Å². The van der Waals surface area contributed by atoms with E-state index in [2.05, 4.69) is 10.6 Å². The van der Waals surface area contributed by atoms with E-state index < -0.39 is 41.4 Å². The molecule has 0 spiro atoms. The summed E-state index contributed by atoms with van der Waals surface area (Å²) in [5.74, 6) is -3.53. The smallest absolute Gasteiger partial charge is 0.329 e. The average molecular weight is 635 g/mol. The Bertz CT molecular complexity index is 1070. The number of ketones is 2. The predicted octanol–water partition coefficient (Wildman–Crippen LogP) is 2.76. The minimum Gasteiger partial charge on any atom is -0.458 e. The van der Waals surface area contributed by atoms with Crippen LogP contribution in [-0.2, 0) is 38.3 Å². The Balaban J connectivity index is 2.63. The molecule has 0 saturated carbocycles. The Labute approximate surface area is 267 Å². The van der Waals surface area contributed by atoms with E-state index in [1.165, 1.54) is 17.1 Å². The van der Waals surface area contributed by atoms with Crippen molar-refractivity contribution in [1.29, 1.82) is 0 Å². The first kappa shape index (κ1) is 39.6. The summed E-state index contributed by atoms with van der Waals surface area (Å²) in [7, 11) is 0. The van der Waals surface area contributed by atoms with Gasteiger partial charge in [-0.05, 0) is 65.7 Å². The van der Waals surface area contributed by atoms with Gasteiger partial charge in [0.2, 0.25) is 11.8 Å². The van der Waals surface area contributed by atoms with Gasteiger partial charge in [-0.25, -0.2) is 4.79 Å². The van der Waals surface area contributed by atoms with Crippen molar-refractivity contribution in [1.82, 2.24) is 15.5 Å². The lowest BCUT2D eigenvalue weighted by molar-refractivity contribution is -0.159. The van der Waals surface area contributed by atoms with E-state index >= 15 is 0 Å². The number of unbranched alkanes of at least 4 members (excludes halogenated alkanes) is 3. The number of esters is 1. The van der Waals surface area contributed by atoms with Gasteiger partial charge in [-0.1, -0.05) is 27.2 Å². The largest absolute Gasteiger partial charge is 0.458 e. The molecular formula is C33H54N4O8. The van der Waals surface area contributed by atoms with Crippen molar-refractivity contribution >= 4 is 41.2 Å². The molecule has 12 heteroatoms. The molecule has 1 rings (SSSR count). The molecule has 0 fully saturated rings. The Hall–Kier alpha value is -3.41. The van der Waals surface area contributed by atoms with Gasteiger partial charge >= 0.3 is 5.97 Å². The number of amides is 4. The Morgan fingerprint density at radius 3 is 2.04 bits per heavy atom. The van der Waals surface area contributed by atoms with E-state index in [1.54, 1.807) is 34.6 Å². The van der Waals surface area contributed by atoms with E-state index in [0.29, 0.717) is 58.0 Å². The van der Waals surface area contributed by atoms with Crippen LogP contribution in [0.4, 0.5) is 0 Å². The maximum atomic E-state index is 13.2. The molecule has 1 heterocycles. The van der Waals surface area contributed by atoms with Crippen LogP contribution in [0.25, 0.3) is 0 Å². The maximum Gasteiger partial charge on any atom is 0.329 e. The lowest BCUT2D eigenvalue weighted by atomic mass is 9.82. The number of nitrogens with zero attached hydrogens (tertiary/aromatic N) is 1. The van der Waals surface area contributed by atoms with Crippen molar-refractivity contribution in [3.05, 3.63) is 12.2 Å². The van der Waals surface area contributed by atoms with Gasteiger partial charge in [0.05, 0.1) is 6.04 Å². The first-order chi connectivity index (χ1) is 20.9. The zero-order valence-electron chi connectivity index (χ0n) is 28.1.